The molecule has 0 bridgehead atoms. The summed E-state index contributed by atoms with van der Waals surface area (Å²) in [4.78, 5) is 15.1. The normalized spacial score (nSPS) is 14.6. The van der Waals surface area contributed by atoms with Crippen LogP contribution in [0.3, 0.4) is 0 Å². The van der Waals surface area contributed by atoms with E-state index in [0.717, 1.165) is 54.2 Å². The van der Waals surface area contributed by atoms with Crippen molar-refractivity contribution in [3.63, 3.8) is 0 Å². The zero-order valence-corrected chi connectivity index (χ0v) is 15.6. The average Bonchev–Trinajstić information content (AvgIpc) is 2.67. The molecule has 0 amide bonds. The Bertz CT molecular complexity index is 927. The van der Waals surface area contributed by atoms with Gasteiger partial charge < -0.3 is 15.5 Å². The van der Waals surface area contributed by atoms with E-state index in [0.29, 0.717) is 16.6 Å². The van der Waals surface area contributed by atoms with Crippen molar-refractivity contribution >= 4 is 45.6 Å². The minimum Gasteiger partial charge on any atom is -0.378 e. The summed E-state index contributed by atoms with van der Waals surface area (Å²) in [5.41, 5.74) is 4.44. The zero-order valence-electron chi connectivity index (χ0n) is 14.0. The van der Waals surface area contributed by atoms with Gasteiger partial charge in [-0.1, -0.05) is 23.2 Å². The molecule has 26 heavy (non-hydrogen) atoms. The van der Waals surface area contributed by atoms with Gasteiger partial charge in [-0.25, -0.2) is 0 Å². The highest BCUT2D eigenvalue weighted by Gasteiger charge is 2.18. The Morgan fingerprint density at radius 3 is 2.50 bits per heavy atom. The lowest BCUT2D eigenvalue weighted by atomic mass is 10.1. The van der Waals surface area contributed by atoms with Gasteiger partial charge in [0.1, 0.15) is 0 Å². The van der Waals surface area contributed by atoms with E-state index in [1.54, 1.807) is 24.8 Å². The maximum Gasteiger partial charge on any atom is 0.0901 e. The lowest BCUT2D eigenvalue weighted by Gasteiger charge is -2.31. The van der Waals surface area contributed by atoms with E-state index in [1.807, 2.05) is 12.1 Å². The lowest BCUT2D eigenvalue weighted by molar-refractivity contribution is 0.589. The Morgan fingerprint density at radius 2 is 1.73 bits per heavy atom. The lowest BCUT2D eigenvalue weighted by Crippen LogP contribution is -2.43. The molecule has 1 saturated heterocycles. The van der Waals surface area contributed by atoms with Crippen LogP contribution in [0, 0.1) is 0 Å². The van der Waals surface area contributed by atoms with Gasteiger partial charge in [-0.2, -0.15) is 0 Å². The number of aromatic nitrogens is 3. The fraction of sp³-hybridized carbons (Fsp3) is 0.278. The number of piperazine rings is 1. The van der Waals surface area contributed by atoms with Gasteiger partial charge in [-0.15, -0.1) is 0 Å². The van der Waals surface area contributed by atoms with Crippen LogP contribution in [0.25, 0.3) is 11.0 Å². The molecule has 0 atom stereocenters. The number of anilines is 2. The number of rotatable bonds is 4. The van der Waals surface area contributed by atoms with Crippen LogP contribution in [0.2, 0.25) is 10.0 Å². The molecule has 134 valence electrons. The van der Waals surface area contributed by atoms with Gasteiger partial charge in [0, 0.05) is 56.3 Å². The van der Waals surface area contributed by atoms with E-state index in [1.165, 1.54) is 0 Å². The van der Waals surface area contributed by atoms with Crippen molar-refractivity contribution in [2.45, 2.75) is 6.54 Å². The number of benzene rings is 1. The topological polar surface area (TPSA) is 66.0 Å². The Balaban J connectivity index is 1.60. The van der Waals surface area contributed by atoms with E-state index in [-0.39, 0.29) is 0 Å². The Morgan fingerprint density at radius 1 is 1.00 bits per heavy atom. The molecule has 1 aliphatic rings. The number of nitrogens with one attached hydrogen (secondary N) is 2. The molecule has 0 unspecified atom stereocenters. The molecule has 3 aromatic rings. The van der Waals surface area contributed by atoms with Gasteiger partial charge in [-0.3, -0.25) is 15.0 Å². The second-order valence-corrected chi connectivity index (χ2v) is 6.91. The predicted octanol–water partition coefficient (Wildman–Crippen LogP) is 3.35. The van der Waals surface area contributed by atoms with E-state index < -0.39 is 0 Å². The highest BCUT2D eigenvalue weighted by atomic mass is 35.5. The van der Waals surface area contributed by atoms with Gasteiger partial charge in [-0.05, 0) is 17.7 Å². The molecule has 1 aromatic carbocycles. The Labute approximate surface area is 161 Å². The fourth-order valence-corrected chi connectivity index (χ4v) is 3.62. The highest BCUT2D eigenvalue weighted by Crippen LogP contribution is 2.34. The van der Waals surface area contributed by atoms with Crippen LogP contribution in [-0.2, 0) is 6.54 Å². The first-order valence-electron chi connectivity index (χ1n) is 8.44. The third-order valence-electron chi connectivity index (χ3n) is 4.41. The summed E-state index contributed by atoms with van der Waals surface area (Å²) >= 11 is 12.9. The van der Waals surface area contributed by atoms with Crippen molar-refractivity contribution in [2.24, 2.45) is 0 Å². The van der Waals surface area contributed by atoms with Crippen molar-refractivity contribution in [3.8, 4) is 0 Å². The summed E-state index contributed by atoms with van der Waals surface area (Å²) in [7, 11) is 0. The molecule has 0 radical (unpaired) electrons. The second kappa shape index (κ2) is 7.61. The Kier molecular flexibility index (Phi) is 5.06. The van der Waals surface area contributed by atoms with Gasteiger partial charge in [0.15, 0.2) is 0 Å². The van der Waals surface area contributed by atoms with Gasteiger partial charge >= 0.3 is 0 Å². The molecular weight excluding hydrogens is 371 g/mol. The van der Waals surface area contributed by atoms with Crippen LogP contribution < -0.4 is 15.5 Å². The maximum atomic E-state index is 6.44. The molecule has 4 rings (SSSR count). The standard InChI is InChI=1S/C18H18Cl2N6/c19-13-8-16-15(23-1-2-24-16)7-12(13)9-25-17-11-22-10-14(20)18(17)26-5-3-21-4-6-26/h1-2,7-8,10-11,21,25H,3-6,9H2. The average molecular weight is 389 g/mol. The first-order chi connectivity index (χ1) is 12.7. The van der Waals surface area contributed by atoms with Crippen LogP contribution in [0.15, 0.2) is 36.9 Å². The summed E-state index contributed by atoms with van der Waals surface area (Å²) in [6.45, 7) is 4.24. The van der Waals surface area contributed by atoms with Crippen molar-refractivity contribution < 1.29 is 0 Å². The van der Waals surface area contributed by atoms with Crippen molar-refractivity contribution in [3.05, 3.63) is 52.5 Å². The summed E-state index contributed by atoms with van der Waals surface area (Å²) < 4.78 is 0. The molecule has 6 nitrogen and oxygen atoms in total. The summed E-state index contributed by atoms with van der Waals surface area (Å²) in [5, 5.41) is 8.09. The quantitative estimate of drug-likeness (QED) is 0.714. The molecule has 8 heteroatoms. The SMILES string of the molecule is Clc1cc2nccnc2cc1CNc1cncc(Cl)c1N1CCNCC1. The van der Waals surface area contributed by atoms with Crippen molar-refractivity contribution in [1.29, 1.82) is 0 Å². The zero-order chi connectivity index (χ0) is 17.9. The van der Waals surface area contributed by atoms with Crippen molar-refractivity contribution in [2.75, 3.05) is 36.4 Å². The van der Waals surface area contributed by atoms with Gasteiger partial charge in [0.2, 0.25) is 0 Å². The van der Waals surface area contributed by atoms with Crippen molar-refractivity contribution in [1.82, 2.24) is 20.3 Å². The van der Waals surface area contributed by atoms with E-state index in [9.17, 15) is 0 Å². The molecule has 0 aliphatic carbocycles. The van der Waals surface area contributed by atoms with Gasteiger partial charge in [0.05, 0.1) is 33.6 Å². The third kappa shape index (κ3) is 3.53. The molecule has 2 N–H and O–H groups in total. The summed E-state index contributed by atoms with van der Waals surface area (Å²) in [6, 6.07) is 3.80. The summed E-state index contributed by atoms with van der Waals surface area (Å²) in [5.74, 6) is 0. The third-order valence-corrected chi connectivity index (χ3v) is 5.04. The van der Waals surface area contributed by atoms with Crippen LogP contribution >= 0.6 is 23.2 Å². The fourth-order valence-electron chi connectivity index (χ4n) is 3.12. The molecule has 1 aliphatic heterocycles. The molecular formula is C18H18Cl2N6. The molecule has 1 fully saturated rings. The maximum absolute atomic E-state index is 6.44. The van der Waals surface area contributed by atoms with Crippen LogP contribution in [0.4, 0.5) is 11.4 Å². The van der Waals surface area contributed by atoms with Gasteiger partial charge in [0.25, 0.3) is 0 Å². The first-order valence-corrected chi connectivity index (χ1v) is 9.20. The minimum absolute atomic E-state index is 0.548. The Hall–Kier alpha value is -2.15. The largest absolute Gasteiger partial charge is 0.378 e. The summed E-state index contributed by atoms with van der Waals surface area (Å²) in [6.07, 6.45) is 6.82. The van der Waals surface area contributed by atoms with E-state index in [2.05, 4.69) is 30.5 Å². The number of hydrogen-bond donors (Lipinski definition) is 2. The van der Waals surface area contributed by atoms with E-state index >= 15 is 0 Å². The number of halogens is 2. The first kappa shape index (κ1) is 17.3. The molecule has 0 spiro atoms. The van der Waals surface area contributed by atoms with Crippen LogP contribution in [-0.4, -0.2) is 41.1 Å². The van der Waals surface area contributed by atoms with Crippen LogP contribution in [0.5, 0.6) is 0 Å². The predicted molar refractivity (Wildman–Crippen MR) is 106 cm³/mol. The molecule has 0 saturated carbocycles. The number of fused-ring (bicyclic) bond motifs is 1. The second-order valence-electron chi connectivity index (χ2n) is 6.10. The number of hydrogen-bond acceptors (Lipinski definition) is 6. The molecule has 3 heterocycles. The number of pyridine rings is 1. The van der Waals surface area contributed by atoms with E-state index in [4.69, 9.17) is 23.2 Å². The smallest absolute Gasteiger partial charge is 0.0901 e. The highest BCUT2D eigenvalue weighted by molar-refractivity contribution is 6.34. The minimum atomic E-state index is 0.548. The monoisotopic (exact) mass is 388 g/mol. The van der Waals surface area contributed by atoms with Crippen LogP contribution in [0.1, 0.15) is 5.56 Å². The molecule has 2 aromatic heterocycles. The number of nitrogens with zero attached hydrogens (tertiary/aromatic N) is 4.